The summed E-state index contributed by atoms with van der Waals surface area (Å²) in [5.41, 5.74) is 2.35. The van der Waals surface area contributed by atoms with Crippen molar-refractivity contribution >= 4 is 41.3 Å². The molecule has 5 nitrogen and oxygen atoms in total. The number of hydrogen-bond donors (Lipinski definition) is 1. The van der Waals surface area contributed by atoms with Crippen LogP contribution in [0.3, 0.4) is 0 Å². The van der Waals surface area contributed by atoms with Crippen LogP contribution < -0.4 is 10.1 Å². The Morgan fingerprint density at radius 1 is 1.31 bits per heavy atom. The maximum atomic E-state index is 5.67. The van der Waals surface area contributed by atoms with Gasteiger partial charge in [0.25, 0.3) is 0 Å². The molecule has 1 aromatic heterocycles. The molecule has 0 aliphatic rings. The van der Waals surface area contributed by atoms with Gasteiger partial charge in [0.2, 0.25) is 0 Å². The molecule has 26 heavy (non-hydrogen) atoms. The summed E-state index contributed by atoms with van der Waals surface area (Å²) >= 11 is 1.68. The van der Waals surface area contributed by atoms with Gasteiger partial charge in [0.05, 0.1) is 23.4 Å². The highest BCUT2D eigenvalue weighted by molar-refractivity contribution is 14.0. The monoisotopic (exact) mass is 488 g/mol. The van der Waals surface area contributed by atoms with E-state index in [0.717, 1.165) is 41.9 Å². The number of guanidine groups is 1. The van der Waals surface area contributed by atoms with Gasteiger partial charge in [-0.05, 0) is 44.9 Å². The zero-order valence-electron chi connectivity index (χ0n) is 16.2. The fourth-order valence-corrected chi connectivity index (χ4v) is 3.11. The van der Waals surface area contributed by atoms with E-state index < -0.39 is 0 Å². The number of aliphatic imine (C=N–C) groups is 1. The summed E-state index contributed by atoms with van der Waals surface area (Å²) in [5.74, 6) is 1.80. The first-order valence-electron chi connectivity index (χ1n) is 8.56. The van der Waals surface area contributed by atoms with E-state index in [-0.39, 0.29) is 30.1 Å². The van der Waals surface area contributed by atoms with Gasteiger partial charge >= 0.3 is 0 Å². The molecule has 0 spiro atoms. The Labute approximate surface area is 177 Å². The first-order valence-corrected chi connectivity index (χ1v) is 9.44. The number of benzene rings is 1. The summed E-state index contributed by atoms with van der Waals surface area (Å²) < 4.78 is 5.67. The third-order valence-corrected chi connectivity index (χ3v) is 4.45. The maximum Gasteiger partial charge on any atom is 0.193 e. The van der Waals surface area contributed by atoms with Gasteiger partial charge in [0, 0.05) is 26.0 Å². The molecule has 0 aliphatic heterocycles. The minimum Gasteiger partial charge on any atom is -0.491 e. The predicted octanol–water partition coefficient (Wildman–Crippen LogP) is 4.11. The van der Waals surface area contributed by atoms with E-state index in [4.69, 9.17) is 4.74 Å². The summed E-state index contributed by atoms with van der Waals surface area (Å²) in [6.07, 6.45) is 1.14. The number of nitrogens with zero attached hydrogens (tertiary/aromatic N) is 3. The van der Waals surface area contributed by atoms with E-state index in [0.29, 0.717) is 0 Å². The first-order chi connectivity index (χ1) is 12.0. The van der Waals surface area contributed by atoms with E-state index in [1.807, 2.05) is 47.0 Å². The van der Waals surface area contributed by atoms with Gasteiger partial charge in [-0.15, -0.1) is 35.3 Å². The lowest BCUT2D eigenvalue weighted by atomic mass is 10.1. The Bertz CT molecular complexity index is 685. The molecular formula is C19H29IN4OS. The normalized spacial score (nSPS) is 11.2. The number of rotatable bonds is 7. The van der Waals surface area contributed by atoms with Gasteiger partial charge in [-0.3, -0.25) is 4.99 Å². The summed E-state index contributed by atoms with van der Waals surface area (Å²) in [6, 6.07) is 8.29. The largest absolute Gasteiger partial charge is 0.491 e. The molecule has 2 rings (SSSR count). The maximum absolute atomic E-state index is 5.67. The number of halogens is 1. The second-order valence-electron chi connectivity index (χ2n) is 6.25. The van der Waals surface area contributed by atoms with Crippen LogP contribution in [0.25, 0.3) is 0 Å². The molecule has 0 amide bonds. The summed E-state index contributed by atoms with van der Waals surface area (Å²) in [6.45, 7) is 7.68. The minimum atomic E-state index is 0. The molecule has 7 heteroatoms. The highest BCUT2D eigenvalue weighted by Gasteiger charge is 2.08. The van der Waals surface area contributed by atoms with E-state index in [2.05, 4.69) is 37.7 Å². The van der Waals surface area contributed by atoms with Crippen LogP contribution in [0.5, 0.6) is 5.75 Å². The number of ether oxygens (including phenoxy) is 1. The number of hydrogen-bond acceptors (Lipinski definition) is 4. The molecule has 1 N–H and O–H groups in total. The lowest BCUT2D eigenvalue weighted by molar-refractivity contribution is 0.242. The van der Waals surface area contributed by atoms with E-state index in [1.54, 1.807) is 11.3 Å². The third kappa shape index (κ3) is 7.49. The molecule has 0 aliphatic carbocycles. The van der Waals surface area contributed by atoms with Crippen molar-refractivity contribution in [1.29, 1.82) is 0 Å². The van der Waals surface area contributed by atoms with Crippen LogP contribution in [0.4, 0.5) is 0 Å². The lowest BCUT2D eigenvalue weighted by Gasteiger charge is -2.21. The molecule has 0 atom stereocenters. The lowest BCUT2D eigenvalue weighted by Crippen LogP contribution is -2.39. The molecule has 0 saturated carbocycles. The van der Waals surface area contributed by atoms with Crippen LogP contribution in [-0.2, 0) is 13.0 Å². The molecule has 0 saturated heterocycles. The quantitative estimate of drug-likeness (QED) is 0.362. The number of aromatic nitrogens is 1. The van der Waals surface area contributed by atoms with E-state index >= 15 is 0 Å². The zero-order chi connectivity index (χ0) is 18.2. The highest BCUT2D eigenvalue weighted by atomic mass is 127. The smallest absolute Gasteiger partial charge is 0.193 e. The second-order valence-corrected chi connectivity index (χ2v) is 7.31. The van der Waals surface area contributed by atoms with Gasteiger partial charge in [-0.1, -0.05) is 12.1 Å². The van der Waals surface area contributed by atoms with Crippen LogP contribution in [0.1, 0.15) is 30.1 Å². The van der Waals surface area contributed by atoms with Crippen molar-refractivity contribution in [3.63, 3.8) is 0 Å². The summed E-state index contributed by atoms with van der Waals surface area (Å²) in [7, 11) is 3.84. The average Bonchev–Trinajstić information content (AvgIpc) is 2.97. The van der Waals surface area contributed by atoms with Crippen molar-refractivity contribution in [1.82, 2.24) is 15.2 Å². The Kier molecular flexibility index (Phi) is 9.93. The predicted molar refractivity (Wildman–Crippen MR) is 121 cm³/mol. The standard InChI is InChI=1S/C19H28N4OS.HI/c1-14(2)24-18-8-6-16(7-9-18)10-11-21-19(20-4)23(5)12-17-13-25-15(3)22-17;/h6-9,13-14H,10-12H2,1-5H3,(H,20,21);1H. The van der Waals surface area contributed by atoms with Crippen molar-refractivity contribution in [3.05, 3.63) is 45.9 Å². The van der Waals surface area contributed by atoms with Crippen molar-refractivity contribution in [2.24, 2.45) is 4.99 Å². The fourth-order valence-electron chi connectivity index (χ4n) is 2.51. The van der Waals surface area contributed by atoms with Crippen LogP contribution in [0.15, 0.2) is 34.6 Å². The van der Waals surface area contributed by atoms with Crippen LogP contribution in [0, 0.1) is 6.92 Å². The zero-order valence-corrected chi connectivity index (χ0v) is 19.3. The van der Waals surface area contributed by atoms with Crippen LogP contribution in [-0.4, -0.2) is 42.6 Å². The van der Waals surface area contributed by atoms with Crippen LogP contribution >= 0.6 is 35.3 Å². The molecule has 0 radical (unpaired) electrons. The van der Waals surface area contributed by atoms with Crippen molar-refractivity contribution in [2.45, 2.75) is 39.8 Å². The van der Waals surface area contributed by atoms with Gasteiger partial charge in [-0.25, -0.2) is 4.98 Å². The molecule has 2 aromatic rings. The second kappa shape index (κ2) is 11.4. The molecule has 0 bridgehead atoms. The van der Waals surface area contributed by atoms with Crippen molar-refractivity contribution < 1.29 is 4.74 Å². The Balaban J connectivity index is 0.00000338. The third-order valence-electron chi connectivity index (χ3n) is 3.63. The average molecular weight is 488 g/mol. The van der Waals surface area contributed by atoms with Gasteiger partial charge < -0.3 is 15.0 Å². The Hall–Kier alpha value is -1.35. The number of thiazole rings is 1. The van der Waals surface area contributed by atoms with Gasteiger partial charge in [0.1, 0.15) is 5.75 Å². The fraction of sp³-hybridized carbons (Fsp3) is 0.474. The topological polar surface area (TPSA) is 49.8 Å². The summed E-state index contributed by atoms with van der Waals surface area (Å²) in [4.78, 5) is 11.0. The SMILES string of the molecule is CN=C(NCCc1ccc(OC(C)C)cc1)N(C)Cc1csc(C)n1.I. The Morgan fingerprint density at radius 2 is 2.00 bits per heavy atom. The van der Waals surface area contributed by atoms with Crippen LogP contribution in [0.2, 0.25) is 0 Å². The van der Waals surface area contributed by atoms with Gasteiger partial charge in [0.15, 0.2) is 5.96 Å². The molecule has 144 valence electrons. The number of aryl methyl sites for hydroxylation is 1. The highest BCUT2D eigenvalue weighted by Crippen LogP contribution is 2.14. The first kappa shape index (κ1) is 22.7. The minimum absolute atomic E-state index is 0. The van der Waals surface area contributed by atoms with Crippen molar-refractivity contribution in [3.8, 4) is 5.75 Å². The number of nitrogens with one attached hydrogen (secondary N) is 1. The van der Waals surface area contributed by atoms with E-state index in [1.165, 1.54) is 5.56 Å². The Morgan fingerprint density at radius 3 is 2.54 bits per heavy atom. The molecule has 1 heterocycles. The molecule has 0 fully saturated rings. The van der Waals surface area contributed by atoms with Crippen molar-refractivity contribution in [2.75, 3.05) is 20.6 Å². The molecular weight excluding hydrogens is 459 g/mol. The van der Waals surface area contributed by atoms with E-state index in [9.17, 15) is 0 Å². The molecule has 1 aromatic carbocycles. The van der Waals surface area contributed by atoms with Gasteiger partial charge in [-0.2, -0.15) is 0 Å². The summed E-state index contributed by atoms with van der Waals surface area (Å²) in [5, 5.41) is 6.60. The molecule has 0 unspecified atom stereocenters.